The number of nitrogens with zero attached hydrogens (tertiary/aromatic N) is 2. The van der Waals surface area contributed by atoms with Crippen LogP contribution in [-0.4, -0.2) is 13.1 Å². The quantitative estimate of drug-likeness (QED) is 0.474. The lowest BCUT2D eigenvalue weighted by Crippen LogP contribution is -1.98. The van der Waals surface area contributed by atoms with Crippen LogP contribution in [-0.2, 0) is 4.74 Å². The van der Waals surface area contributed by atoms with Gasteiger partial charge in [0.15, 0.2) is 0 Å². The number of aryl methyl sites for hydroxylation is 1. The summed E-state index contributed by atoms with van der Waals surface area (Å²) in [7, 11) is 1.32. The Morgan fingerprint density at radius 1 is 0.875 bits per heavy atom. The lowest BCUT2D eigenvalue weighted by Gasteiger charge is -1.98. The fraction of sp³-hybridized carbons (Fsp3) is 0.105. The number of methoxy groups -OCH3 is 1. The number of hydrogen-bond donors (Lipinski definition) is 0. The standard InChI is InChI=1S/C19H16N2O3/c1-13-3-7-15(8-4-13)20-21-16-9-5-14(6-10-16)17-11-12-18(24-17)19(22)23-2/h3-12H,1-2H3. The maximum absolute atomic E-state index is 11.4. The zero-order chi connectivity index (χ0) is 16.9. The number of carbonyl (C=O) groups is 1. The van der Waals surface area contributed by atoms with Gasteiger partial charge in [-0.25, -0.2) is 4.79 Å². The Hall–Kier alpha value is -3.21. The molecule has 0 radical (unpaired) electrons. The number of rotatable bonds is 4. The van der Waals surface area contributed by atoms with E-state index in [2.05, 4.69) is 15.0 Å². The molecular formula is C19H16N2O3. The maximum atomic E-state index is 11.4. The predicted molar refractivity (Wildman–Crippen MR) is 90.8 cm³/mol. The molecule has 0 unspecified atom stereocenters. The highest BCUT2D eigenvalue weighted by atomic mass is 16.5. The molecule has 0 amide bonds. The van der Waals surface area contributed by atoms with Gasteiger partial charge in [-0.1, -0.05) is 17.7 Å². The van der Waals surface area contributed by atoms with Gasteiger partial charge in [0.25, 0.3) is 0 Å². The summed E-state index contributed by atoms with van der Waals surface area (Å²) in [5.74, 6) is 0.276. The minimum Gasteiger partial charge on any atom is -0.463 e. The van der Waals surface area contributed by atoms with Crippen LogP contribution >= 0.6 is 0 Å². The summed E-state index contributed by atoms with van der Waals surface area (Å²) in [5, 5.41) is 8.41. The second-order valence-corrected chi connectivity index (χ2v) is 5.24. The fourth-order valence-electron chi connectivity index (χ4n) is 2.12. The van der Waals surface area contributed by atoms with Crippen molar-refractivity contribution >= 4 is 17.3 Å². The van der Waals surface area contributed by atoms with Crippen molar-refractivity contribution in [2.75, 3.05) is 7.11 Å². The van der Waals surface area contributed by atoms with Crippen LogP contribution in [0.2, 0.25) is 0 Å². The van der Waals surface area contributed by atoms with Gasteiger partial charge in [-0.05, 0) is 55.5 Å². The van der Waals surface area contributed by atoms with Gasteiger partial charge >= 0.3 is 5.97 Å². The number of carbonyl (C=O) groups excluding carboxylic acids is 1. The Kier molecular flexibility index (Phi) is 4.52. The summed E-state index contributed by atoms with van der Waals surface area (Å²) < 4.78 is 10.1. The van der Waals surface area contributed by atoms with Gasteiger partial charge in [0, 0.05) is 5.56 Å². The first-order valence-corrected chi connectivity index (χ1v) is 7.43. The molecule has 5 heteroatoms. The van der Waals surface area contributed by atoms with Crippen LogP contribution in [0.5, 0.6) is 0 Å². The van der Waals surface area contributed by atoms with Crippen LogP contribution in [0.15, 0.2) is 75.3 Å². The third-order valence-corrected chi connectivity index (χ3v) is 3.46. The van der Waals surface area contributed by atoms with Crippen molar-refractivity contribution in [3.63, 3.8) is 0 Å². The molecular weight excluding hydrogens is 304 g/mol. The van der Waals surface area contributed by atoms with Crippen LogP contribution in [0.1, 0.15) is 16.1 Å². The summed E-state index contributed by atoms with van der Waals surface area (Å²) in [6.07, 6.45) is 0. The van der Waals surface area contributed by atoms with Gasteiger partial charge in [-0.3, -0.25) is 0 Å². The minimum atomic E-state index is -0.496. The average Bonchev–Trinajstić information content (AvgIpc) is 3.11. The number of esters is 1. The van der Waals surface area contributed by atoms with Gasteiger partial charge in [0.05, 0.1) is 18.5 Å². The maximum Gasteiger partial charge on any atom is 0.373 e. The zero-order valence-electron chi connectivity index (χ0n) is 13.4. The molecule has 0 saturated heterocycles. The molecule has 2 aromatic carbocycles. The van der Waals surface area contributed by atoms with Crippen LogP contribution in [0.25, 0.3) is 11.3 Å². The van der Waals surface area contributed by atoms with Crippen molar-refractivity contribution in [1.29, 1.82) is 0 Å². The van der Waals surface area contributed by atoms with E-state index >= 15 is 0 Å². The highest BCUT2D eigenvalue weighted by Crippen LogP contribution is 2.26. The van der Waals surface area contributed by atoms with E-state index in [1.165, 1.54) is 12.7 Å². The summed E-state index contributed by atoms with van der Waals surface area (Å²) in [6.45, 7) is 2.03. The average molecular weight is 320 g/mol. The van der Waals surface area contributed by atoms with Gasteiger partial charge in [0.2, 0.25) is 5.76 Å². The molecule has 0 spiro atoms. The highest BCUT2D eigenvalue weighted by molar-refractivity contribution is 5.87. The fourth-order valence-corrected chi connectivity index (χ4v) is 2.12. The molecule has 3 rings (SSSR count). The molecule has 1 aromatic heterocycles. The van der Waals surface area contributed by atoms with E-state index in [0.29, 0.717) is 5.76 Å². The Morgan fingerprint density at radius 2 is 1.46 bits per heavy atom. The minimum absolute atomic E-state index is 0.177. The molecule has 0 saturated carbocycles. The third-order valence-electron chi connectivity index (χ3n) is 3.46. The van der Waals surface area contributed by atoms with Crippen molar-refractivity contribution < 1.29 is 13.9 Å². The van der Waals surface area contributed by atoms with Crippen LogP contribution in [0.4, 0.5) is 11.4 Å². The molecule has 3 aromatic rings. The number of ether oxygens (including phenoxy) is 1. The van der Waals surface area contributed by atoms with E-state index in [1.54, 1.807) is 12.1 Å². The summed E-state index contributed by atoms with van der Waals surface area (Å²) >= 11 is 0. The van der Waals surface area contributed by atoms with Crippen LogP contribution in [0, 0.1) is 6.92 Å². The molecule has 0 aliphatic carbocycles. The van der Waals surface area contributed by atoms with E-state index in [0.717, 1.165) is 16.9 Å². The van der Waals surface area contributed by atoms with E-state index in [9.17, 15) is 4.79 Å². The molecule has 0 aliphatic rings. The second kappa shape index (κ2) is 6.91. The van der Waals surface area contributed by atoms with E-state index in [-0.39, 0.29) is 5.76 Å². The molecule has 0 aliphatic heterocycles. The van der Waals surface area contributed by atoms with Crippen molar-refractivity contribution in [1.82, 2.24) is 0 Å². The number of furan rings is 1. The molecule has 1 heterocycles. The van der Waals surface area contributed by atoms with Crippen molar-refractivity contribution in [2.45, 2.75) is 6.92 Å². The molecule has 0 fully saturated rings. The Labute approximate surface area is 139 Å². The first kappa shape index (κ1) is 15.7. The molecule has 120 valence electrons. The lowest BCUT2D eigenvalue weighted by molar-refractivity contribution is 0.0566. The van der Waals surface area contributed by atoms with Gasteiger partial charge in [0.1, 0.15) is 5.76 Å². The SMILES string of the molecule is COC(=O)c1ccc(-c2ccc(N=Nc3ccc(C)cc3)cc2)o1. The van der Waals surface area contributed by atoms with Crippen molar-refractivity contribution in [3.8, 4) is 11.3 Å². The summed E-state index contributed by atoms with van der Waals surface area (Å²) in [4.78, 5) is 11.4. The highest BCUT2D eigenvalue weighted by Gasteiger charge is 2.11. The normalized spacial score (nSPS) is 10.9. The van der Waals surface area contributed by atoms with Gasteiger partial charge in [-0.15, -0.1) is 0 Å². The van der Waals surface area contributed by atoms with Gasteiger partial charge in [-0.2, -0.15) is 10.2 Å². The number of benzene rings is 2. The monoisotopic (exact) mass is 320 g/mol. The van der Waals surface area contributed by atoms with E-state index in [4.69, 9.17) is 4.42 Å². The van der Waals surface area contributed by atoms with Crippen molar-refractivity contribution in [3.05, 3.63) is 72.0 Å². The van der Waals surface area contributed by atoms with E-state index < -0.39 is 5.97 Å². The van der Waals surface area contributed by atoms with Crippen LogP contribution < -0.4 is 0 Å². The predicted octanol–water partition coefficient (Wildman–Crippen LogP) is 5.46. The largest absolute Gasteiger partial charge is 0.463 e. The first-order valence-electron chi connectivity index (χ1n) is 7.43. The number of azo groups is 1. The Morgan fingerprint density at radius 3 is 2.04 bits per heavy atom. The van der Waals surface area contributed by atoms with Gasteiger partial charge < -0.3 is 9.15 Å². The van der Waals surface area contributed by atoms with Crippen molar-refractivity contribution in [2.24, 2.45) is 10.2 Å². The molecule has 0 N–H and O–H groups in total. The molecule has 0 atom stereocenters. The molecule has 5 nitrogen and oxygen atoms in total. The van der Waals surface area contributed by atoms with E-state index in [1.807, 2.05) is 55.5 Å². The number of hydrogen-bond acceptors (Lipinski definition) is 5. The summed E-state index contributed by atoms with van der Waals surface area (Å²) in [5.41, 5.74) is 3.57. The lowest BCUT2D eigenvalue weighted by atomic mass is 10.1. The first-order chi connectivity index (χ1) is 11.7. The smallest absolute Gasteiger partial charge is 0.373 e. The Balaban J connectivity index is 1.74. The second-order valence-electron chi connectivity index (χ2n) is 5.24. The third kappa shape index (κ3) is 3.57. The summed E-state index contributed by atoms with van der Waals surface area (Å²) in [6, 6.07) is 18.6. The molecule has 24 heavy (non-hydrogen) atoms. The molecule has 0 bridgehead atoms. The zero-order valence-corrected chi connectivity index (χ0v) is 13.4. The Bertz CT molecular complexity index is 862. The topological polar surface area (TPSA) is 64.2 Å². The van der Waals surface area contributed by atoms with Crippen LogP contribution in [0.3, 0.4) is 0 Å².